The molecule has 0 amide bonds. The van der Waals surface area contributed by atoms with Crippen molar-refractivity contribution in [3.05, 3.63) is 12.2 Å². The van der Waals surface area contributed by atoms with Gasteiger partial charge in [-0.2, -0.15) is 0 Å². The molecular formula is C10H12F2O. The number of hydrogen-bond donors (Lipinski definition) is 0. The molecule has 0 aromatic carbocycles. The van der Waals surface area contributed by atoms with Gasteiger partial charge in [-0.15, -0.1) is 6.42 Å². The van der Waals surface area contributed by atoms with Crippen LogP contribution in [0.3, 0.4) is 0 Å². The van der Waals surface area contributed by atoms with Gasteiger partial charge in [-0.1, -0.05) is 12.5 Å². The number of ether oxygens (including phenoxy) is 1. The van der Waals surface area contributed by atoms with Crippen LogP contribution in [-0.2, 0) is 4.74 Å². The number of hydrogen-bond acceptors (Lipinski definition) is 1. The number of halogens is 2. The lowest BCUT2D eigenvalue weighted by atomic mass is 9.90. The Morgan fingerprint density at radius 1 is 1.46 bits per heavy atom. The third kappa shape index (κ3) is 2.53. The van der Waals surface area contributed by atoms with Crippen LogP contribution in [0.4, 0.5) is 8.78 Å². The second-order valence-corrected chi connectivity index (χ2v) is 3.12. The second kappa shape index (κ2) is 4.38. The minimum Gasteiger partial charge on any atom is -0.365 e. The normalized spacial score (nSPS) is 34.2. The first kappa shape index (κ1) is 10.2. The summed E-state index contributed by atoms with van der Waals surface area (Å²) >= 11 is 0. The summed E-state index contributed by atoms with van der Waals surface area (Å²) in [5, 5.41) is 0. The Bertz CT molecular complexity index is 218. The number of allylic oxidation sites excluding steroid dienone is 1. The zero-order valence-electron chi connectivity index (χ0n) is 7.30. The average molecular weight is 186 g/mol. The molecule has 0 radical (unpaired) electrons. The van der Waals surface area contributed by atoms with Crippen LogP contribution < -0.4 is 0 Å². The van der Waals surface area contributed by atoms with Crippen LogP contribution in [0.1, 0.15) is 12.8 Å². The predicted molar refractivity (Wildman–Crippen MR) is 46.7 cm³/mol. The van der Waals surface area contributed by atoms with Crippen LogP contribution in [0, 0.1) is 12.3 Å². The van der Waals surface area contributed by atoms with Gasteiger partial charge >= 0.3 is 0 Å². The van der Waals surface area contributed by atoms with Crippen LogP contribution in [0.15, 0.2) is 12.2 Å². The van der Waals surface area contributed by atoms with Gasteiger partial charge in [-0.25, -0.2) is 8.78 Å². The molecule has 0 saturated heterocycles. The van der Waals surface area contributed by atoms with Crippen molar-refractivity contribution in [1.29, 1.82) is 0 Å². The Morgan fingerprint density at radius 2 is 2.00 bits per heavy atom. The molecule has 13 heavy (non-hydrogen) atoms. The fourth-order valence-electron chi connectivity index (χ4n) is 1.36. The number of alkyl halides is 2. The van der Waals surface area contributed by atoms with E-state index in [1.165, 1.54) is 0 Å². The van der Waals surface area contributed by atoms with Crippen molar-refractivity contribution < 1.29 is 13.5 Å². The van der Waals surface area contributed by atoms with Crippen LogP contribution in [0.2, 0.25) is 0 Å². The number of rotatable bonds is 2. The van der Waals surface area contributed by atoms with E-state index in [-0.39, 0.29) is 25.0 Å². The molecule has 1 saturated carbocycles. The Kier molecular flexibility index (Phi) is 3.44. The van der Waals surface area contributed by atoms with Crippen LogP contribution in [0.5, 0.6) is 0 Å². The molecule has 3 heteroatoms. The highest BCUT2D eigenvalue weighted by Gasteiger charge is 2.32. The van der Waals surface area contributed by atoms with E-state index in [1.54, 1.807) is 0 Å². The molecular weight excluding hydrogens is 174 g/mol. The van der Waals surface area contributed by atoms with Crippen molar-refractivity contribution in [2.75, 3.05) is 6.61 Å². The molecule has 1 aliphatic carbocycles. The zero-order valence-corrected chi connectivity index (χ0v) is 7.30. The standard InChI is InChI=1S/C10H12F2O/c1-3-4-13-8-5-9(11)7(2)10(12)6-8/h1,8-10H,2,4-6H2. The van der Waals surface area contributed by atoms with E-state index < -0.39 is 18.4 Å². The molecule has 0 aromatic rings. The summed E-state index contributed by atoms with van der Waals surface area (Å²) in [6.07, 6.45) is 2.29. The first-order chi connectivity index (χ1) is 6.15. The highest BCUT2D eigenvalue weighted by atomic mass is 19.1. The molecule has 0 bridgehead atoms. The fraction of sp³-hybridized carbons (Fsp3) is 0.600. The maximum atomic E-state index is 13.0. The van der Waals surface area contributed by atoms with Gasteiger partial charge in [0.25, 0.3) is 0 Å². The summed E-state index contributed by atoms with van der Waals surface area (Å²) < 4.78 is 31.1. The van der Waals surface area contributed by atoms with Crippen molar-refractivity contribution in [2.24, 2.45) is 0 Å². The van der Waals surface area contributed by atoms with Gasteiger partial charge in [0.1, 0.15) is 19.0 Å². The Balaban J connectivity index is 2.45. The van der Waals surface area contributed by atoms with E-state index in [9.17, 15) is 8.78 Å². The van der Waals surface area contributed by atoms with Gasteiger partial charge in [-0.3, -0.25) is 0 Å². The second-order valence-electron chi connectivity index (χ2n) is 3.12. The molecule has 1 aliphatic rings. The summed E-state index contributed by atoms with van der Waals surface area (Å²) in [4.78, 5) is 0. The van der Waals surface area contributed by atoms with E-state index in [1.807, 2.05) is 0 Å². The molecule has 1 rings (SSSR count). The topological polar surface area (TPSA) is 9.23 Å². The van der Waals surface area contributed by atoms with E-state index >= 15 is 0 Å². The predicted octanol–water partition coefficient (Wildman–Crippen LogP) is 2.03. The lowest BCUT2D eigenvalue weighted by molar-refractivity contribution is 0.0177. The zero-order chi connectivity index (χ0) is 9.84. The molecule has 1 nitrogen and oxygen atoms in total. The molecule has 0 N–H and O–H groups in total. The van der Waals surface area contributed by atoms with Crippen molar-refractivity contribution in [3.8, 4) is 12.3 Å². The van der Waals surface area contributed by atoms with Gasteiger partial charge < -0.3 is 4.74 Å². The molecule has 72 valence electrons. The largest absolute Gasteiger partial charge is 0.365 e. The van der Waals surface area contributed by atoms with Crippen LogP contribution in [-0.4, -0.2) is 25.1 Å². The molecule has 0 aliphatic heterocycles. The van der Waals surface area contributed by atoms with Crippen molar-refractivity contribution in [3.63, 3.8) is 0 Å². The summed E-state index contributed by atoms with van der Waals surface area (Å²) in [6.45, 7) is 3.45. The monoisotopic (exact) mass is 186 g/mol. The summed E-state index contributed by atoms with van der Waals surface area (Å²) in [5.74, 6) is 2.27. The van der Waals surface area contributed by atoms with Crippen LogP contribution >= 0.6 is 0 Å². The van der Waals surface area contributed by atoms with Gasteiger partial charge in [0.2, 0.25) is 0 Å². The summed E-state index contributed by atoms with van der Waals surface area (Å²) in [7, 11) is 0. The first-order valence-electron chi connectivity index (χ1n) is 4.17. The third-order valence-electron chi connectivity index (χ3n) is 2.15. The van der Waals surface area contributed by atoms with Gasteiger partial charge in [0.15, 0.2) is 0 Å². The Hall–Kier alpha value is -0.880. The quantitative estimate of drug-likeness (QED) is 0.473. The van der Waals surface area contributed by atoms with Crippen molar-refractivity contribution in [1.82, 2.24) is 0 Å². The lowest BCUT2D eigenvalue weighted by Gasteiger charge is -2.28. The Morgan fingerprint density at radius 3 is 2.46 bits per heavy atom. The summed E-state index contributed by atoms with van der Waals surface area (Å²) in [6, 6.07) is 0. The van der Waals surface area contributed by atoms with Gasteiger partial charge in [0.05, 0.1) is 6.10 Å². The molecule has 1 fully saturated rings. The summed E-state index contributed by atoms with van der Waals surface area (Å²) in [5.41, 5.74) is 0.0283. The molecule has 2 atom stereocenters. The van der Waals surface area contributed by atoms with E-state index in [4.69, 9.17) is 11.2 Å². The van der Waals surface area contributed by atoms with E-state index in [0.717, 1.165) is 0 Å². The Labute approximate surface area is 76.8 Å². The SMILES string of the molecule is C#CCOC1CC(F)C(=C)C(F)C1. The van der Waals surface area contributed by atoms with Gasteiger partial charge in [0, 0.05) is 12.8 Å². The maximum Gasteiger partial charge on any atom is 0.126 e. The van der Waals surface area contributed by atoms with E-state index in [2.05, 4.69) is 12.5 Å². The molecule has 0 spiro atoms. The number of terminal acetylenes is 1. The molecule has 0 heterocycles. The third-order valence-corrected chi connectivity index (χ3v) is 2.15. The van der Waals surface area contributed by atoms with Crippen LogP contribution in [0.25, 0.3) is 0 Å². The smallest absolute Gasteiger partial charge is 0.126 e. The molecule has 0 aromatic heterocycles. The average Bonchev–Trinajstić information content (AvgIpc) is 2.10. The minimum atomic E-state index is -1.30. The fourth-order valence-corrected chi connectivity index (χ4v) is 1.36. The van der Waals surface area contributed by atoms with E-state index in [0.29, 0.717) is 0 Å². The van der Waals surface area contributed by atoms with Crippen molar-refractivity contribution >= 4 is 0 Å². The lowest BCUT2D eigenvalue weighted by Crippen LogP contribution is -2.32. The maximum absolute atomic E-state index is 13.0. The van der Waals surface area contributed by atoms with Crippen molar-refractivity contribution in [2.45, 2.75) is 31.3 Å². The minimum absolute atomic E-state index is 0.0283. The highest BCUT2D eigenvalue weighted by Crippen LogP contribution is 2.29. The highest BCUT2D eigenvalue weighted by molar-refractivity contribution is 5.13. The first-order valence-corrected chi connectivity index (χ1v) is 4.17. The van der Waals surface area contributed by atoms with Gasteiger partial charge in [-0.05, 0) is 5.57 Å². The molecule has 2 unspecified atom stereocenters.